The molecule has 6 atom stereocenters. The maximum absolute atomic E-state index is 9.90. The molecule has 0 aromatic heterocycles. The second kappa shape index (κ2) is 8.44. The van der Waals surface area contributed by atoms with E-state index >= 15 is 0 Å². The number of rotatable bonds is 7. The first-order valence-electron chi connectivity index (χ1n) is 6.97. The van der Waals surface area contributed by atoms with Crippen LogP contribution >= 0.6 is 11.8 Å². The Morgan fingerprint density at radius 2 is 1.79 bits per heavy atom. The molecule has 0 saturated carbocycles. The highest BCUT2D eigenvalue weighted by Crippen LogP contribution is 2.32. The van der Waals surface area contributed by atoms with Crippen molar-refractivity contribution < 1.29 is 25.2 Å². The first-order valence-corrected chi connectivity index (χ1v) is 7.91. The lowest BCUT2D eigenvalue weighted by Crippen LogP contribution is -2.57. The minimum Gasteiger partial charge on any atom is -0.394 e. The number of aliphatic hydroxyl groups excluding tert-OH is 4. The molecule has 5 nitrogen and oxygen atoms in total. The lowest BCUT2D eigenvalue weighted by atomic mass is 10.0. The molecule has 1 heterocycles. The average molecular weight is 294 g/mol. The lowest BCUT2D eigenvalue weighted by Gasteiger charge is -2.40. The van der Waals surface area contributed by atoms with Crippen molar-refractivity contribution in [1.82, 2.24) is 0 Å². The van der Waals surface area contributed by atoms with Gasteiger partial charge in [0.25, 0.3) is 0 Å². The number of aliphatic hydroxyl groups is 4. The number of unbranched alkanes of at least 4 members (excludes halogenated alkanes) is 2. The molecule has 0 aliphatic carbocycles. The van der Waals surface area contributed by atoms with E-state index in [1.54, 1.807) is 0 Å². The van der Waals surface area contributed by atoms with Gasteiger partial charge in [0.05, 0.1) is 6.61 Å². The summed E-state index contributed by atoms with van der Waals surface area (Å²) in [7, 11) is 0. The van der Waals surface area contributed by atoms with Crippen LogP contribution in [-0.4, -0.2) is 62.1 Å². The van der Waals surface area contributed by atoms with Crippen LogP contribution in [0.1, 0.15) is 39.5 Å². The second-order valence-corrected chi connectivity index (χ2v) is 6.68. The van der Waals surface area contributed by atoms with E-state index in [1.807, 2.05) is 0 Å². The molecule has 1 aliphatic heterocycles. The van der Waals surface area contributed by atoms with Gasteiger partial charge in [-0.25, -0.2) is 0 Å². The third kappa shape index (κ3) is 4.88. The van der Waals surface area contributed by atoms with Crippen molar-refractivity contribution in [3.05, 3.63) is 0 Å². The van der Waals surface area contributed by atoms with Crippen LogP contribution in [0.2, 0.25) is 0 Å². The molecular weight excluding hydrogens is 268 g/mol. The summed E-state index contributed by atoms with van der Waals surface area (Å²) in [5.41, 5.74) is -0.604. The van der Waals surface area contributed by atoms with Crippen LogP contribution < -0.4 is 0 Å². The average Bonchev–Trinajstić information content (AvgIpc) is 2.39. The van der Waals surface area contributed by atoms with Crippen LogP contribution in [0.25, 0.3) is 0 Å². The Balaban J connectivity index is 2.47. The third-order valence-electron chi connectivity index (χ3n) is 3.43. The molecule has 2 unspecified atom stereocenters. The third-order valence-corrected chi connectivity index (χ3v) is 4.79. The summed E-state index contributed by atoms with van der Waals surface area (Å²) < 4.78 is 5.46. The van der Waals surface area contributed by atoms with Gasteiger partial charge in [-0.05, 0) is 6.42 Å². The fourth-order valence-corrected chi connectivity index (χ4v) is 3.45. The van der Waals surface area contributed by atoms with E-state index in [1.165, 1.54) is 18.2 Å². The minimum atomic E-state index is -1.27. The van der Waals surface area contributed by atoms with Gasteiger partial charge in [-0.15, -0.1) is 11.8 Å². The molecule has 0 aromatic rings. The quantitative estimate of drug-likeness (QED) is 0.511. The summed E-state index contributed by atoms with van der Waals surface area (Å²) in [6.07, 6.45) is 0.0146. The standard InChI is InChI=1S/C13H26O5S/c1-3-4-5-6-8(2)19-13-12(17)11(16)10(15)9(7-14)18-13/h8-17H,3-7H2,1-2H3/t8?,9-,10-,11+,12-,13?/m1/s1. The zero-order valence-corrected chi connectivity index (χ0v) is 12.4. The van der Waals surface area contributed by atoms with Crippen molar-refractivity contribution in [2.75, 3.05) is 6.61 Å². The zero-order valence-electron chi connectivity index (χ0n) is 11.6. The zero-order chi connectivity index (χ0) is 14.4. The maximum atomic E-state index is 9.90. The highest BCUT2D eigenvalue weighted by atomic mass is 32.2. The van der Waals surface area contributed by atoms with Gasteiger partial charge in [0, 0.05) is 5.25 Å². The molecule has 1 fully saturated rings. The topological polar surface area (TPSA) is 90.2 Å². The predicted molar refractivity (Wildman–Crippen MR) is 75.0 cm³/mol. The van der Waals surface area contributed by atoms with Gasteiger partial charge in [-0.3, -0.25) is 0 Å². The van der Waals surface area contributed by atoms with Crippen molar-refractivity contribution >= 4 is 11.8 Å². The van der Waals surface area contributed by atoms with Crippen molar-refractivity contribution in [3.8, 4) is 0 Å². The molecule has 19 heavy (non-hydrogen) atoms. The first-order chi connectivity index (χ1) is 9.01. The van der Waals surface area contributed by atoms with E-state index < -0.39 is 29.9 Å². The highest BCUT2D eigenvalue weighted by Gasteiger charge is 2.43. The van der Waals surface area contributed by atoms with E-state index in [-0.39, 0.29) is 6.61 Å². The van der Waals surface area contributed by atoms with Crippen molar-refractivity contribution in [2.45, 2.75) is 74.6 Å². The van der Waals surface area contributed by atoms with Crippen molar-refractivity contribution in [3.63, 3.8) is 0 Å². The summed E-state index contributed by atoms with van der Waals surface area (Å²) in [4.78, 5) is 0. The summed E-state index contributed by atoms with van der Waals surface area (Å²) in [5.74, 6) is 0. The van der Waals surface area contributed by atoms with Gasteiger partial charge < -0.3 is 25.2 Å². The molecule has 0 bridgehead atoms. The Kier molecular flexibility index (Phi) is 7.64. The van der Waals surface area contributed by atoms with E-state index in [4.69, 9.17) is 9.84 Å². The monoisotopic (exact) mass is 294 g/mol. The molecule has 6 heteroatoms. The number of hydrogen-bond acceptors (Lipinski definition) is 6. The van der Waals surface area contributed by atoms with Gasteiger partial charge in [-0.1, -0.05) is 33.1 Å². The summed E-state index contributed by atoms with van der Waals surface area (Å²) in [6, 6.07) is 0. The maximum Gasteiger partial charge on any atom is 0.132 e. The largest absolute Gasteiger partial charge is 0.394 e. The van der Waals surface area contributed by atoms with Crippen LogP contribution in [0, 0.1) is 0 Å². The predicted octanol–water partition coefficient (Wildman–Crippen LogP) is 0.488. The van der Waals surface area contributed by atoms with Crippen molar-refractivity contribution in [1.29, 1.82) is 0 Å². The van der Waals surface area contributed by atoms with Crippen LogP contribution in [0.3, 0.4) is 0 Å². The number of thioether (sulfide) groups is 1. The normalized spacial score (nSPS) is 37.3. The van der Waals surface area contributed by atoms with E-state index in [2.05, 4.69) is 13.8 Å². The van der Waals surface area contributed by atoms with Crippen molar-refractivity contribution in [2.24, 2.45) is 0 Å². The molecule has 114 valence electrons. The Morgan fingerprint density at radius 3 is 2.37 bits per heavy atom. The van der Waals surface area contributed by atoms with Crippen LogP contribution in [-0.2, 0) is 4.74 Å². The fourth-order valence-electron chi connectivity index (χ4n) is 2.16. The van der Waals surface area contributed by atoms with Gasteiger partial charge in [0.15, 0.2) is 0 Å². The van der Waals surface area contributed by atoms with E-state index in [9.17, 15) is 15.3 Å². The highest BCUT2D eigenvalue weighted by molar-refractivity contribution is 8.00. The molecule has 1 aliphatic rings. The van der Waals surface area contributed by atoms with Gasteiger partial charge >= 0.3 is 0 Å². The minimum absolute atomic E-state index is 0.299. The molecular formula is C13H26O5S. The SMILES string of the molecule is CCCCCC(C)SC1O[C@H](CO)[C@@H](O)[C@H](O)[C@H]1O. The Bertz CT molecular complexity index is 251. The molecule has 0 amide bonds. The molecule has 0 aromatic carbocycles. The fraction of sp³-hybridized carbons (Fsp3) is 1.00. The molecule has 4 N–H and O–H groups in total. The lowest BCUT2D eigenvalue weighted by molar-refractivity contribution is -0.205. The number of ether oxygens (including phenoxy) is 1. The summed E-state index contributed by atoms with van der Waals surface area (Å²) >= 11 is 1.45. The smallest absolute Gasteiger partial charge is 0.132 e. The van der Waals surface area contributed by atoms with Gasteiger partial charge in [-0.2, -0.15) is 0 Å². The number of hydrogen-bond donors (Lipinski definition) is 4. The van der Waals surface area contributed by atoms with E-state index in [0.29, 0.717) is 5.25 Å². The Hall–Kier alpha value is 0.150. The van der Waals surface area contributed by atoms with Gasteiger partial charge in [0.2, 0.25) is 0 Å². The Labute approximate surface area is 119 Å². The molecule has 0 radical (unpaired) electrons. The first kappa shape index (κ1) is 17.2. The molecule has 0 spiro atoms. The summed E-state index contributed by atoms with van der Waals surface area (Å²) in [5, 5.41) is 38.7. The van der Waals surface area contributed by atoms with Crippen LogP contribution in [0.5, 0.6) is 0 Å². The van der Waals surface area contributed by atoms with Crippen LogP contribution in [0.4, 0.5) is 0 Å². The molecule has 1 saturated heterocycles. The van der Waals surface area contributed by atoms with E-state index in [0.717, 1.165) is 19.3 Å². The van der Waals surface area contributed by atoms with Gasteiger partial charge in [0.1, 0.15) is 29.9 Å². The summed E-state index contributed by atoms with van der Waals surface area (Å²) in [6.45, 7) is 3.84. The Morgan fingerprint density at radius 1 is 1.11 bits per heavy atom. The second-order valence-electron chi connectivity index (χ2n) is 5.14. The molecule has 1 rings (SSSR count). The van der Waals surface area contributed by atoms with Crippen LogP contribution in [0.15, 0.2) is 0 Å².